The maximum absolute atomic E-state index is 12.1. The molecule has 1 amide bonds. The number of hydrogen-bond acceptors (Lipinski definition) is 4. The number of thioether (sulfide) groups is 1. The van der Waals surface area contributed by atoms with Crippen molar-refractivity contribution in [3.8, 4) is 0 Å². The summed E-state index contributed by atoms with van der Waals surface area (Å²) in [5.74, 6) is 0.104. The van der Waals surface area contributed by atoms with E-state index in [9.17, 15) is 4.79 Å². The van der Waals surface area contributed by atoms with Gasteiger partial charge in [-0.15, -0.1) is 0 Å². The number of hydrogen-bond donors (Lipinski definition) is 1. The third kappa shape index (κ3) is 4.10. The standard InChI is InChI=1S/C13H11Cl2N3OS/c1-8(20-11-4-2-3-5-16-11)13(19)18-12-10(15)6-9(14)7-17-12/h2-8H,1H3,(H,17,18,19). The minimum atomic E-state index is -0.321. The van der Waals surface area contributed by atoms with Crippen LogP contribution in [0.4, 0.5) is 5.82 Å². The lowest BCUT2D eigenvalue weighted by molar-refractivity contribution is -0.115. The first-order valence-corrected chi connectivity index (χ1v) is 7.39. The number of halogens is 2. The summed E-state index contributed by atoms with van der Waals surface area (Å²) in [5, 5.41) is 3.86. The predicted molar refractivity (Wildman–Crippen MR) is 82.4 cm³/mol. The zero-order valence-corrected chi connectivity index (χ0v) is 12.8. The van der Waals surface area contributed by atoms with Crippen LogP contribution < -0.4 is 5.32 Å². The van der Waals surface area contributed by atoms with Gasteiger partial charge in [0.15, 0.2) is 5.82 Å². The molecular weight excluding hydrogens is 317 g/mol. The molecule has 4 nitrogen and oxygen atoms in total. The average molecular weight is 328 g/mol. The minimum absolute atomic E-state index is 0.197. The van der Waals surface area contributed by atoms with E-state index in [0.29, 0.717) is 15.9 Å². The molecule has 2 aromatic rings. The average Bonchev–Trinajstić information content (AvgIpc) is 2.43. The van der Waals surface area contributed by atoms with Crippen molar-refractivity contribution >= 4 is 46.7 Å². The van der Waals surface area contributed by atoms with Crippen LogP contribution in [0.1, 0.15) is 6.92 Å². The van der Waals surface area contributed by atoms with E-state index in [2.05, 4.69) is 15.3 Å². The molecule has 0 aliphatic heterocycles. The normalized spacial score (nSPS) is 11.9. The predicted octanol–water partition coefficient (Wildman–Crippen LogP) is 3.90. The highest BCUT2D eigenvalue weighted by Crippen LogP contribution is 2.25. The molecule has 0 aromatic carbocycles. The van der Waals surface area contributed by atoms with Crippen LogP contribution in [0, 0.1) is 0 Å². The largest absolute Gasteiger partial charge is 0.308 e. The van der Waals surface area contributed by atoms with Crippen LogP contribution in [0.25, 0.3) is 0 Å². The highest BCUT2D eigenvalue weighted by atomic mass is 35.5. The van der Waals surface area contributed by atoms with E-state index < -0.39 is 0 Å². The maximum atomic E-state index is 12.1. The van der Waals surface area contributed by atoms with Crippen LogP contribution in [0.5, 0.6) is 0 Å². The van der Waals surface area contributed by atoms with Crippen molar-refractivity contribution in [3.63, 3.8) is 0 Å². The fraction of sp³-hybridized carbons (Fsp3) is 0.154. The van der Waals surface area contributed by atoms with Crippen molar-refractivity contribution < 1.29 is 4.79 Å². The number of anilines is 1. The van der Waals surface area contributed by atoms with Crippen molar-refractivity contribution in [2.24, 2.45) is 0 Å². The van der Waals surface area contributed by atoms with Gasteiger partial charge in [0.05, 0.1) is 20.3 Å². The molecule has 20 heavy (non-hydrogen) atoms. The van der Waals surface area contributed by atoms with Crippen LogP contribution >= 0.6 is 35.0 Å². The molecule has 104 valence electrons. The molecule has 1 unspecified atom stereocenters. The summed E-state index contributed by atoms with van der Waals surface area (Å²) >= 11 is 13.1. The monoisotopic (exact) mass is 327 g/mol. The summed E-state index contributed by atoms with van der Waals surface area (Å²) in [6.07, 6.45) is 3.12. The number of carbonyl (C=O) groups is 1. The molecule has 0 aliphatic rings. The summed E-state index contributed by atoms with van der Waals surface area (Å²) in [4.78, 5) is 20.2. The first kappa shape index (κ1) is 15.1. The van der Waals surface area contributed by atoms with Crippen molar-refractivity contribution in [2.45, 2.75) is 17.2 Å². The van der Waals surface area contributed by atoms with Gasteiger partial charge in [0.2, 0.25) is 5.91 Å². The fourth-order valence-corrected chi connectivity index (χ4v) is 2.61. The SMILES string of the molecule is CC(Sc1ccccn1)C(=O)Nc1ncc(Cl)cc1Cl. The van der Waals surface area contributed by atoms with Gasteiger partial charge in [-0.2, -0.15) is 0 Å². The van der Waals surface area contributed by atoms with Crippen LogP contribution in [0.3, 0.4) is 0 Å². The van der Waals surface area contributed by atoms with E-state index in [4.69, 9.17) is 23.2 Å². The van der Waals surface area contributed by atoms with E-state index in [1.807, 2.05) is 18.2 Å². The van der Waals surface area contributed by atoms with Gasteiger partial charge in [-0.3, -0.25) is 4.79 Å². The lowest BCUT2D eigenvalue weighted by Crippen LogP contribution is -2.23. The van der Waals surface area contributed by atoms with Gasteiger partial charge in [-0.25, -0.2) is 9.97 Å². The Kier molecular flexibility index (Phi) is 5.23. The number of carbonyl (C=O) groups excluding carboxylic acids is 1. The second-order valence-corrected chi connectivity index (χ2v) is 6.11. The van der Waals surface area contributed by atoms with E-state index >= 15 is 0 Å². The Bertz CT molecular complexity index is 610. The lowest BCUT2D eigenvalue weighted by Gasteiger charge is -2.11. The minimum Gasteiger partial charge on any atom is -0.308 e. The summed E-state index contributed by atoms with van der Waals surface area (Å²) in [5.41, 5.74) is 0. The Morgan fingerprint density at radius 1 is 1.35 bits per heavy atom. The van der Waals surface area contributed by atoms with Gasteiger partial charge in [0.1, 0.15) is 0 Å². The molecule has 0 aliphatic carbocycles. The Labute approximate surface area is 130 Å². The van der Waals surface area contributed by atoms with Gasteiger partial charge in [-0.1, -0.05) is 41.0 Å². The first-order valence-electron chi connectivity index (χ1n) is 5.76. The fourth-order valence-electron chi connectivity index (χ4n) is 1.38. The smallest absolute Gasteiger partial charge is 0.238 e. The van der Waals surface area contributed by atoms with Gasteiger partial charge in [0.25, 0.3) is 0 Å². The maximum Gasteiger partial charge on any atom is 0.238 e. The molecule has 2 aromatic heterocycles. The van der Waals surface area contributed by atoms with Crippen molar-refractivity contribution in [2.75, 3.05) is 5.32 Å². The topological polar surface area (TPSA) is 54.9 Å². The molecule has 2 heterocycles. The van der Waals surface area contributed by atoms with E-state index in [0.717, 1.165) is 5.03 Å². The molecular formula is C13H11Cl2N3OS. The van der Waals surface area contributed by atoms with Crippen molar-refractivity contribution in [1.82, 2.24) is 9.97 Å². The van der Waals surface area contributed by atoms with Gasteiger partial charge in [0, 0.05) is 12.4 Å². The zero-order chi connectivity index (χ0) is 14.5. The number of nitrogens with zero attached hydrogens (tertiary/aromatic N) is 2. The van der Waals surface area contributed by atoms with Crippen LogP contribution in [0.2, 0.25) is 10.0 Å². The van der Waals surface area contributed by atoms with Gasteiger partial charge in [-0.05, 0) is 25.1 Å². The summed E-state index contributed by atoms with van der Waals surface area (Å²) in [6, 6.07) is 7.08. The lowest BCUT2D eigenvalue weighted by atomic mass is 10.4. The van der Waals surface area contributed by atoms with Crippen LogP contribution in [-0.4, -0.2) is 21.1 Å². The molecule has 0 radical (unpaired) electrons. The molecule has 2 rings (SSSR count). The third-order valence-corrected chi connectivity index (χ3v) is 3.90. The Morgan fingerprint density at radius 3 is 2.80 bits per heavy atom. The molecule has 1 N–H and O–H groups in total. The number of amides is 1. The number of pyridine rings is 2. The molecule has 7 heteroatoms. The molecule has 0 bridgehead atoms. The number of rotatable bonds is 4. The van der Waals surface area contributed by atoms with Gasteiger partial charge >= 0.3 is 0 Å². The summed E-state index contributed by atoms with van der Waals surface area (Å²) < 4.78 is 0. The van der Waals surface area contributed by atoms with Crippen molar-refractivity contribution in [1.29, 1.82) is 0 Å². The van der Waals surface area contributed by atoms with Crippen LogP contribution in [0.15, 0.2) is 41.7 Å². The third-order valence-electron chi connectivity index (χ3n) is 2.35. The van der Waals surface area contributed by atoms with Crippen molar-refractivity contribution in [3.05, 3.63) is 46.7 Å². The molecule has 0 saturated heterocycles. The second kappa shape index (κ2) is 6.92. The van der Waals surface area contributed by atoms with E-state index in [1.165, 1.54) is 24.0 Å². The van der Waals surface area contributed by atoms with Gasteiger partial charge < -0.3 is 5.32 Å². The number of aromatic nitrogens is 2. The summed E-state index contributed by atoms with van der Waals surface area (Å²) in [7, 11) is 0. The Hall–Kier alpha value is -1.30. The number of nitrogens with one attached hydrogen (secondary N) is 1. The second-order valence-electron chi connectivity index (χ2n) is 3.90. The molecule has 0 fully saturated rings. The molecule has 0 spiro atoms. The Balaban J connectivity index is 2.01. The van der Waals surface area contributed by atoms with Crippen LogP contribution in [-0.2, 0) is 4.79 Å². The quantitative estimate of drug-likeness (QED) is 0.865. The van der Waals surface area contributed by atoms with E-state index in [1.54, 1.807) is 13.1 Å². The first-order chi connectivity index (χ1) is 9.56. The summed E-state index contributed by atoms with van der Waals surface area (Å²) in [6.45, 7) is 1.79. The molecule has 1 atom stereocenters. The zero-order valence-electron chi connectivity index (χ0n) is 10.5. The molecule has 0 saturated carbocycles. The Morgan fingerprint density at radius 2 is 2.15 bits per heavy atom. The van der Waals surface area contributed by atoms with E-state index in [-0.39, 0.29) is 11.2 Å². The highest BCUT2D eigenvalue weighted by molar-refractivity contribution is 8.00. The highest BCUT2D eigenvalue weighted by Gasteiger charge is 2.16.